The van der Waals surface area contributed by atoms with Crippen molar-refractivity contribution in [2.45, 2.75) is 78.3 Å². The SMILES string of the molecule is CCCNC1CCN(C(C)CCCC(C)C)CC1. The van der Waals surface area contributed by atoms with Crippen LogP contribution in [-0.2, 0) is 0 Å². The molecule has 1 unspecified atom stereocenters. The van der Waals surface area contributed by atoms with Crippen molar-refractivity contribution in [1.29, 1.82) is 0 Å². The summed E-state index contributed by atoms with van der Waals surface area (Å²) in [5.74, 6) is 0.862. The van der Waals surface area contributed by atoms with Crippen LogP contribution >= 0.6 is 0 Å². The Morgan fingerprint density at radius 1 is 1.11 bits per heavy atom. The van der Waals surface area contributed by atoms with Gasteiger partial charge in [-0.15, -0.1) is 0 Å². The average molecular weight is 254 g/mol. The molecule has 1 rings (SSSR count). The second-order valence-electron chi connectivity index (χ2n) is 6.44. The van der Waals surface area contributed by atoms with Crippen LogP contribution in [0.3, 0.4) is 0 Å². The Labute approximate surface area is 115 Å². The van der Waals surface area contributed by atoms with Gasteiger partial charge >= 0.3 is 0 Å². The lowest BCUT2D eigenvalue weighted by molar-refractivity contribution is 0.143. The highest BCUT2D eigenvalue weighted by molar-refractivity contribution is 4.80. The Morgan fingerprint density at radius 2 is 1.78 bits per heavy atom. The van der Waals surface area contributed by atoms with Gasteiger partial charge in [-0.05, 0) is 58.2 Å². The molecule has 108 valence electrons. The Morgan fingerprint density at radius 3 is 2.33 bits per heavy atom. The average Bonchev–Trinajstić information content (AvgIpc) is 2.36. The zero-order valence-corrected chi connectivity index (χ0v) is 13.0. The molecule has 2 nitrogen and oxygen atoms in total. The van der Waals surface area contributed by atoms with Gasteiger partial charge in [0.05, 0.1) is 0 Å². The van der Waals surface area contributed by atoms with Crippen LogP contribution in [-0.4, -0.2) is 36.6 Å². The van der Waals surface area contributed by atoms with E-state index in [2.05, 4.69) is 37.9 Å². The van der Waals surface area contributed by atoms with Crippen LogP contribution in [0.5, 0.6) is 0 Å². The quantitative estimate of drug-likeness (QED) is 0.711. The van der Waals surface area contributed by atoms with Crippen molar-refractivity contribution in [1.82, 2.24) is 10.2 Å². The summed E-state index contributed by atoms with van der Waals surface area (Å²) in [5.41, 5.74) is 0. The summed E-state index contributed by atoms with van der Waals surface area (Å²) in [6.07, 6.45) is 8.10. The van der Waals surface area contributed by atoms with Gasteiger partial charge in [0.2, 0.25) is 0 Å². The van der Waals surface area contributed by atoms with E-state index in [1.165, 1.54) is 58.2 Å². The number of rotatable bonds is 8. The summed E-state index contributed by atoms with van der Waals surface area (Å²) in [7, 11) is 0. The van der Waals surface area contributed by atoms with Gasteiger partial charge in [-0.2, -0.15) is 0 Å². The molecular formula is C16H34N2. The first-order chi connectivity index (χ1) is 8.63. The molecule has 1 fully saturated rings. The first kappa shape index (κ1) is 16.0. The summed E-state index contributed by atoms with van der Waals surface area (Å²) in [6.45, 7) is 13.1. The van der Waals surface area contributed by atoms with E-state index in [9.17, 15) is 0 Å². The minimum atomic E-state index is 0.782. The maximum Gasteiger partial charge on any atom is 0.00914 e. The van der Waals surface area contributed by atoms with E-state index in [1.54, 1.807) is 0 Å². The lowest BCUT2D eigenvalue weighted by atomic mass is 9.99. The van der Waals surface area contributed by atoms with Crippen LogP contribution in [0.15, 0.2) is 0 Å². The van der Waals surface area contributed by atoms with Crippen molar-refractivity contribution < 1.29 is 0 Å². The number of nitrogens with one attached hydrogen (secondary N) is 1. The van der Waals surface area contributed by atoms with Gasteiger partial charge in [0, 0.05) is 12.1 Å². The summed E-state index contributed by atoms with van der Waals surface area (Å²) >= 11 is 0. The topological polar surface area (TPSA) is 15.3 Å². The Bertz CT molecular complexity index is 195. The van der Waals surface area contributed by atoms with Crippen molar-refractivity contribution in [3.63, 3.8) is 0 Å². The molecule has 0 aromatic carbocycles. The van der Waals surface area contributed by atoms with Crippen molar-refractivity contribution in [3.05, 3.63) is 0 Å². The van der Waals surface area contributed by atoms with E-state index in [4.69, 9.17) is 0 Å². The van der Waals surface area contributed by atoms with Gasteiger partial charge in [-0.25, -0.2) is 0 Å². The molecule has 0 radical (unpaired) electrons. The predicted molar refractivity (Wildman–Crippen MR) is 81.0 cm³/mol. The molecule has 0 aliphatic carbocycles. The lowest BCUT2D eigenvalue weighted by Crippen LogP contribution is -2.45. The fourth-order valence-corrected chi connectivity index (χ4v) is 2.90. The molecule has 1 aliphatic heterocycles. The molecule has 1 saturated heterocycles. The molecular weight excluding hydrogens is 220 g/mol. The van der Waals surface area contributed by atoms with Gasteiger partial charge in [-0.1, -0.05) is 33.6 Å². The van der Waals surface area contributed by atoms with Crippen LogP contribution in [0.4, 0.5) is 0 Å². The molecule has 1 atom stereocenters. The zero-order valence-electron chi connectivity index (χ0n) is 13.0. The van der Waals surface area contributed by atoms with Crippen molar-refractivity contribution in [2.75, 3.05) is 19.6 Å². The molecule has 0 saturated carbocycles. The summed E-state index contributed by atoms with van der Waals surface area (Å²) in [5, 5.41) is 3.66. The molecule has 1 aliphatic rings. The first-order valence-electron chi connectivity index (χ1n) is 8.11. The second-order valence-corrected chi connectivity index (χ2v) is 6.44. The number of hydrogen-bond donors (Lipinski definition) is 1. The van der Waals surface area contributed by atoms with Crippen LogP contribution in [0.25, 0.3) is 0 Å². The zero-order chi connectivity index (χ0) is 13.4. The Kier molecular flexibility index (Phi) is 7.92. The largest absolute Gasteiger partial charge is 0.314 e. The Balaban J connectivity index is 2.13. The highest BCUT2D eigenvalue weighted by Gasteiger charge is 2.21. The standard InChI is InChI=1S/C16H34N2/c1-5-11-17-16-9-12-18(13-10-16)15(4)8-6-7-14(2)3/h14-17H,5-13H2,1-4H3. The monoisotopic (exact) mass is 254 g/mol. The maximum absolute atomic E-state index is 3.66. The van der Waals surface area contributed by atoms with E-state index < -0.39 is 0 Å². The highest BCUT2D eigenvalue weighted by atomic mass is 15.2. The van der Waals surface area contributed by atoms with E-state index in [0.29, 0.717) is 0 Å². The molecule has 0 amide bonds. The van der Waals surface area contributed by atoms with Crippen molar-refractivity contribution >= 4 is 0 Å². The van der Waals surface area contributed by atoms with Crippen molar-refractivity contribution in [2.24, 2.45) is 5.92 Å². The molecule has 2 heteroatoms. The Hall–Kier alpha value is -0.0800. The summed E-state index contributed by atoms with van der Waals surface area (Å²) < 4.78 is 0. The fourth-order valence-electron chi connectivity index (χ4n) is 2.90. The normalized spacial score (nSPS) is 20.5. The van der Waals surface area contributed by atoms with E-state index in [1.807, 2.05) is 0 Å². The third kappa shape index (κ3) is 6.19. The minimum Gasteiger partial charge on any atom is -0.314 e. The molecule has 0 bridgehead atoms. The van der Waals surface area contributed by atoms with Gasteiger partial charge in [0.1, 0.15) is 0 Å². The van der Waals surface area contributed by atoms with Crippen LogP contribution in [0.2, 0.25) is 0 Å². The number of hydrogen-bond acceptors (Lipinski definition) is 2. The summed E-state index contributed by atoms with van der Waals surface area (Å²) in [4.78, 5) is 2.70. The first-order valence-corrected chi connectivity index (χ1v) is 8.11. The predicted octanol–water partition coefficient (Wildman–Crippen LogP) is 3.67. The van der Waals surface area contributed by atoms with E-state index in [-0.39, 0.29) is 0 Å². The maximum atomic E-state index is 3.66. The minimum absolute atomic E-state index is 0.782. The number of piperidine rings is 1. The van der Waals surface area contributed by atoms with E-state index >= 15 is 0 Å². The molecule has 0 aromatic rings. The van der Waals surface area contributed by atoms with Crippen LogP contribution in [0, 0.1) is 5.92 Å². The van der Waals surface area contributed by atoms with Gasteiger partial charge in [0.15, 0.2) is 0 Å². The molecule has 0 aromatic heterocycles. The number of likely N-dealkylation sites (tertiary alicyclic amines) is 1. The van der Waals surface area contributed by atoms with Gasteiger partial charge in [-0.3, -0.25) is 0 Å². The molecule has 18 heavy (non-hydrogen) atoms. The smallest absolute Gasteiger partial charge is 0.00914 e. The third-order valence-corrected chi connectivity index (χ3v) is 4.24. The number of nitrogens with zero attached hydrogens (tertiary/aromatic N) is 1. The van der Waals surface area contributed by atoms with Crippen LogP contribution < -0.4 is 5.32 Å². The van der Waals surface area contributed by atoms with Crippen molar-refractivity contribution in [3.8, 4) is 0 Å². The molecule has 1 heterocycles. The van der Waals surface area contributed by atoms with E-state index in [0.717, 1.165) is 18.0 Å². The molecule has 1 N–H and O–H groups in total. The highest BCUT2D eigenvalue weighted by Crippen LogP contribution is 2.17. The lowest BCUT2D eigenvalue weighted by Gasteiger charge is -2.36. The summed E-state index contributed by atoms with van der Waals surface area (Å²) in [6, 6.07) is 1.57. The molecule has 0 spiro atoms. The van der Waals surface area contributed by atoms with Gasteiger partial charge in [0.25, 0.3) is 0 Å². The third-order valence-electron chi connectivity index (χ3n) is 4.24. The fraction of sp³-hybridized carbons (Fsp3) is 1.00. The van der Waals surface area contributed by atoms with Crippen LogP contribution in [0.1, 0.15) is 66.2 Å². The second kappa shape index (κ2) is 8.92. The van der Waals surface area contributed by atoms with Gasteiger partial charge < -0.3 is 10.2 Å².